The van der Waals surface area contributed by atoms with Gasteiger partial charge in [0, 0.05) is 18.7 Å². The van der Waals surface area contributed by atoms with E-state index in [0.29, 0.717) is 31.9 Å². The highest BCUT2D eigenvalue weighted by Crippen LogP contribution is 2.11. The van der Waals surface area contributed by atoms with Gasteiger partial charge in [-0.15, -0.1) is 0 Å². The molecular formula is C17H24N2O3. The molecule has 22 heavy (non-hydrogen) atoms. The average molecular weight is 304 g/mol. The monoisotopic (exact) mass is 304 g/mol. The van der Waals surface area contributed by atoms with Crippen LogP contribution in [0.25, 0.3) is 0 Å². The summed E-state index contributed by atoms with van der Waals surface area (Å²) in [6.07, 6.45) is 0. The first-order valence-electron chi connectivity index (χ1n) is 7.73. The van der Waals surface area contributed by atoms with Crippen molar-refractivity contribution < 1.29 is 14.3 Å². The highest BCUT2D eigenvalue weighted by molar-refractivity contribution is 5.97. The molecule has 1 aromatic carbocycles. The summed E-state index contributed by atoms with van der Waals surface area (Å²) >= 11 is 0. The smallest absolute Gasteiger partial charge is 0.251 e. The van der Waals surface area contributed by atoms with E-state index in [0.717, 1.165) is 5.56 Å². The van der Waals surface area contributed by atoms with E-state index in [1.165, 1.54) is 0 Å². The molecule has 1 atom stereocenters. The Morgan fingerprint density at radius 1 is 1.23 bits per heavy atom. The Kier molecular flexibility index (Phi) is 5.55. The van der Waals surface area contributed by atoms with Crippen LogP contribution in [0.2, 0.25) is 0 Å². The minimum Gasteiger partial charge on any atom is -0.378 e. The second kappa shape index (κ2) is 7.40. The fourth-order valence-electron chi connectivity index (χ4n) is 2.50. The van der Waals surface area contributed by atoms with E-state index in [1.807, 2.05) is 39.0 Å². The van der Waals surface area contributed by atoms with E-state index in [1.54, 1.807) is 11.0 Å². The van der Waals surface area contributed by atoms with Gasteiger partial charge in [-0.05, 0) is 25.0 Å². The number of nitrogens with zero attached hydrogens (tertiary/aromatic N) is 1. The first kappa shape index (κ1) is 16.5. The first-order valence-corrected chi connectivity index (χ1v) is 7.73. The molecule has 5 nitrogen and oxygen atoms in total. The van der Waals surface area contributed by atoms with Crippen LogP contribution in [0, 0.1) is 12.8 Å². The Morgan fingerprint density at radius 2 is 1.91 bits per heavy atom. The first-order chi connectivity index (χ1) is 10.5. The van der Waals surface area contributed by atoms with Crippen molar-refractivity contribution in [3.05, 3.63) is 35.4 Å². The van der Waals surface area contributed by atoms with Crippen LogP contribution in [0.4, 0.5) is 0 Å². The maximum atomic E-state index is 12.6. The normalized spacial score (nSPS) is 16.5. The molecule has 1 aliphatic rings. The number of ether oxygens (including phenoxy) is 1. The van der Waals surface area contributed by atoms with Gasteiger partial charge in [-0.1, -0.05) is 31.5 Å². The van der Waals surface area contributed by atoms with Crippen LogP contribution in [0.5, 0.6) is 0 Å². The van der Waals surface area contributed by atoms with E-state index in [4.69, 9.17) is 4.74 Å². The lowest BCUT2D eigenvalue weighted by Crippen LogP contribution is -2.53. The molecule has 0 spiro atoms. The van der Waals surface area contributed by atoms with E-state index < -0.39 is 6.04 Å². The number of morpholine rings is 1. The number of hydrogen-bond donors (Lipinski definition) is 1. The molecule has 1 saturated heterocycles. The molecule has 1 fully saturated rings. The third-order valence-electron chi connectivity index (χ3n) is 3.82. The quantitative estimate of drug-likeness (QED) is 0.919. The van der Waals surface area contributed by atoms with Crippen LogP contribution < -0.4 is 5.32 Å². The van der Waals surface area contributed by atoms with E-state index in [2.05, 4.69) is 5.32 Å². The summed E-state index contributed by atoms with van der Waals surface area (Å²) in [6.45, 7) is 8.12. The molecule has 5 heteroatoms. The number of nitrogens with one attached hydrogen (secondary N) is 1. The Hall–Kier alpha value is -1.88. The summed E-state index contributed by atoms with van der Waals surface area (Å²) in [6, 6.07) is 6.87. The van der Waals surface area contributed by atoms with Crippen molar-refractivity contribution in [2.75, 3.05) is 26.3 Å². The van der Waals surface area contributed by atoms with E-state index >= 15 is 0 Å². The van der Waals surface area contributed by atoms with Gasteiger partial charge in [-0.25, -0.2) is 0 Å². The van der Waals surface area contributed by atoms with Crippen LogP contribution in [-0.2, 0) is 9.53 Å². The van der Waals surface area contributed by atoms with Gasteiger partial charge in [0.05, 0.1) is 13.2 Å². The van der Waals surface area contributed by atoms with Gasteiger partial charge in [0.25, 0.3) is 5.91 Å². The van der Waals surface area contributed by atoms with Crippen LogP contribution >= 0.6 is 0 Å². The van der Waals surface area contributed by atoms with Gasteiger partial charge >= 0.3 is 0 Å². The molecule has 0 aliphatic carbocycles. The summed E-state index contributed by atoms with van der Waals surface area (Å²) in [5.74, 6) is -0.201. The zero-order valence-electron chi connectivity index (χ0n) is 13.5. The fraction of sp³-hybridized carbons (Fsp3) is 0.529. The highest BCUT2D eigenvalue weighted by atomic mass is 16.5. The molecule has 2 rings (SSSR count). The minimum absolute atomic E-state index is 0.0284. The Balaban J connectivity index is 2.08. The van der Waals surface area contributed by atoms with Crippen molar-refractivity contribution in [3.8, 4) is 0 Å². The second-order valence-corrected chi connectivity index (χ2v) is 6.00. The lowest BCUT2D eigenvalue weighted by molar-refractivity contribution is -0.138. The third kappa shape index (κ3) is 4.07. The fourth-order valence-corrected chi connectivity index (χ4v) is 2.50. The highest BCUT2D eigenvalue weighted by Gasteiger charge is 2.29. The van der Waals surface area contributed by atoms with Crippen molar-refractivity contribution in [3.63, 3.8) is 0 Å². The Morgan fingerprint density at radius 3 is 2.50 bits per heavy atom. The number of hydrogen-bond acceptors (Lipinski definition) is 3. The summed E-state index contributed by atoms with van der Waals surface area (Å²) in [5.41, 5.74) is 1.61. The van der Waals surface area contributed by atoms with E-state index in [9.17, 15) is 9.59 Å². The largest absolute Gasteiger partial charge is 0.378 e. The molecule has 120 valence electrons. The van der Waals surface area contributed by atoms with Crippen molar-refractivity contribution in [1.82, 2.24) is 10.2 Å². The summed E-state index contributed by atoms with van der Waals surface area (Å²) in [4.78, 5) is 26.8. The van der Waals surface area contributed by atoms with Gasteiger partial charge in [0.1, 0.15) is 6.04 Å². The number of aryl methyl sites for hydroxylation is 1. The van der Waals surface area contributed by atoms with Crippen LogP contribution in [0.15, 0.2) is 24.3 Å². The molecule has 0 saturated carbocycles. The molecule has 0 unspecified atom stereocenters. The number of amides is 2. The van der Waals surface area contributed by atoms with Gasteiger partial charge in [0.15, 0.2) is 0 Å². The number of rotatable bonds is 4. The predicted octanol–water partition coefficient (Wildman–Crippen LogP) is 1.61. The van der Waals surface area contributed by atoms with Crippen LogP contribution in [0.3, 0.4) is 0 Å². The molecule has 1 aromatic rings. The summed E-state index contributed by atoms with van der Waals surface area (Å²) < 4.78 is 5.27. The summed E-state index contributed by atoms with van der Waals surface area (Å²) in [5, 5.41) is 2.89. The van der Waals surface area contributed by atoms with Gasteiger partial charge in [-0.3, -0.25) is 9.59 Å². The van der Waals surface area contributed by atoms with Crippen molar-refractivity contribution in [2.24, 2.45) is 5.92 Å². The third-order valence-corrected chi connectivity index (χ3v) is 3.82. The molecule has 1 heterocycles. The lowest BCUT2D eigenvalue weighted by atomic mass is 10.0. The maximum absolute atomic E-state index is 12.6. The lowest BCUT2D eigenvalue weighted by Gasteiger charge is -2.32. The summed E-state index contributed by atoms with van der Waals surface area (Å²) in [7, 11) is 0. The molecule has 1 N–H and O–H groups in total. The SMILES string of the molecule is Cc1cccc(C(=O)N[C@H](C(=O)N2CCOCC2)C(C)C)c1. The predicted molar refractivity (Wildman–Crippen MR) is 84.7 cm³/mol. The topological polar surface area (TPSA) is 58.6 Å². The van der Waals surface area contributed by atoms with Crippen molar-refractivity contribution in [2.45, 2.75) is 26.8 Å². The number of carbonyl (C=O) groups excluding carboxylic acids is 2. The Bertz CT molecular complexity index is 536. The van der Waals surface area contributed by atoms with Gasteiger partial charge < -0.3 is 15.0 Å². The average Bonchev–Trinajstić information content (AvgIpc) is 2.52. The van der Waals surface area contributed by atoms with Gasteiger partial charge in [-0.2, -0.15) is 0 Å². The zero-order valence-corrected chi connectivity index (χ0v) is 13.5. The molecular weight excluding hydrogens is 280 g/mol. The van der Waals surface area contributed by atoms with Crippen molar-refractivity contribution >= 4 is 11.8 Å². The number of benzene rings is 1. The van der Waals surface area contributed by atoms with E-state index in [-0.39, 0.29) is 17.7 Å². The molecule has 2 amide bonds. The maximum Gasteiger partial charge on any atom is 0.251 e. The standard InChI is InChI=1S/C17H24N2O3/c1-12(2)15(17(21)19-7-9-22-10-8-19)18-16(20)14-6-4-5-13(3)11-14/h4-6,11-12,15H,7-10H2,1-3H3,(H,18,20)/t15-/m0/s1. The number of carbonyl (C=O) groups is 2. The van der Waals surface area contributed by atoms with Crippen LogP contribution in [0.1, 0.15) is 29.8 Å². The molecule has 0 radical (unpaired) electrons. The molecule has 0 aromatic heterocycles. The Labute approximate surface area is 131 Å². The van der Waals surface area contributed by atoms with Crippen molar-refractivity contribution in [1.29, 1.82) is 0 Å². The molecule has 0 bridgehead atoms. The molecule has 1 aliphatic heterocycles. The van der Waals surface area contributed by atoms with Gasteiger partial charge in [0.2, 0.25) is 5.91 Å². The second-order valence-electron chi connectivity index (χ2n) is 6.00. The zero-order chi connectivity index (χ0) is 16.1. The minimum atomic E-state index is -0.508. The van der Waals surface area contributed by atoms with Crippen LogP contribution in [-0.4, -0.2) is 49.1 Å².